The minimum absolute atomic E-state index is 0.768. The molecule has 84 valence electrons. The molecule has 0 aliphatic heterocycles. The molecule has 2 aromatic carbocycles. The number of hydrogen-bond acceptors (Lipinski definition) is 2. The molecular weight excluding hydrogens is 250 g/mol. The predicted molar refractivity (Wildman–Crippen MR) is 74.8 cm³/mol. The zero-order chi connectivity index (χ0) is 11.8. The summed E-state index contributed by atoms with van der Waals surface area (Å²) < 4.78 is 1.22. The van der Waals surface area contributed by atoms with Gasteiger partial charge in [0.15, 0.2) is 0 Å². The van der Waals surface area contributed by atoms with Crippen molar-refractivity contribution >= 4 is 33.2 Å². The number of aromatic nitrogens is 1. The Hall–Kier alpha value is -1.38. The average Bonchev–Trinajstić information content (AvgIpc) is 2.79. The maximum atomic E-state index is 6.05. The normalized spacial score (nSPS) is 10.9. The van der Waals surface area contributed by atoms with Crippen LogP contribution < -0.4 is 0 Å². The second kappa shape index (κ2) is 4.13. The lowest BCUT2D eigenvalue weighted by Crippen LogP contribution is -1.83. The SMILES string of the molecule is Cc1ccc(Cl)cc1-c1ccc2scnc2c1. The highest BCUT2D eigenvalue weighted by Gasteiger charge is 2.05. The number of hydrogen-bond donors (Lipinski definition) is 0. The molecule has 0 fully saturated rings. The maximum absolute atomic E-state index is 6.05. The largest absolute Gasteiger partial charge is 0.245 e. The number of aryl methyl sites for hydroxylation is 1. The summed E-state index contributed by atoms with van der Waals surface area (Å²) in [5, 5.41) is 0.768. The Morgan fingerprint density at radius 3 is 2.88 bits per heavy atom. The van der Waals surface area contributed by atoms with Crippen molar-refractivity contribution in [3.05, 3.63) is 52.5 Å². The van der Waals surface area contributed by atoms with Gasteiger partial charge >= 0.3 is 0 Å². The molecule has 0 saturated heterocycles. The van der Waals surface area contributed by atoms with E-state index in [1.807, 2.05) is 23.7 Å². The first-order valence-corrected chi connectivity index (χ1v) is 6.59. The Labute approximate surface area is 109 Å². The van der Waals surface area contributed by atoms with Crippen LogP contribution in [-0.2, 0) is 0 Å². The van der Waals surface area contributed by atoms with E-state index in [9.17, 15) is 0 Å². The molecule has 3 heteroatoms. The number of benzene rings is 2. The van der Waals surface area contributed by atoms with Gasteiger partial charge in [-0.15, -0.1) is 11.3 Å². The highest BCUT2D eigenvalue weighted by molar-refractivity contribution is 7.16. The van der Waals surface area contributed by atoms with Gasteiger partial charge in [0.1, 0.15) is 0 Å². The van der Waals surface area contributed by atoms with Gasteiger partial charge in [0, 0.05) is 5.02 Å². The molecule has 0 atom stereocenters. The molecule has 1 nitrogen and oxygen atoms in total. The molecule has 0 saturated carbocycles. The second-order valence-electron chi connectivity index (χ2n) is 3.99. The minimum atomic E-state index is 0.768. The van der Waals surface area contributed by atoms with Crippen LogP contribution in [-0.4, -0.2) is 4.98 Å². The van der Waals surface area contributed by atoms with Gasteiger partial charge in [-0.25, -0.2) is 4.98 Å². The molecular formula is C14H10ClNS. The minimum Gasteiger partial charge on any atom is -0.245 e. The Morgan fingerprint density at radius 2 is 2.00 bits per heavy atom. The Kier molecular flexibility index (Phi) is 2.61. The summed E-state index contributed by atoms with van der Waals surface area (Å²) in [5.41, 5.74) is 6.49. The number of rotatable bonds is 1. The molecule has 0 aliphatic carbocycles. The molecule has 3 rings (SSSR count). The highest BCUT2D eigenvalue weighted by atomic mass is 35.5. The number of nitrogens with zero attached hydrogens (tertiary/aromatic N) is 1. The van der Waals surface area contributed by atoms with E-state index in [4.69, 9.17) is 11.6 Å². The van der Waals surface area contributed by atoms with Crippen LogP contribution in [0, 0.1) is 6.92 Å². The summed E-state index contributed by atoms with van der Waals surface area (Å²) in [7, 11) is 0. The Balaban J connectivity index is 2.22. The molecule has 0 spiro atoms. The lowest BCUT2D eigenvalue weighted by Gasteiger charge is -2.06. The molecule has 0 unspecified atom stereocenters. The quantitative estimate of drug-likeness (QED) is 0.604. The van der Waals surface area contributed by atoms with Gasteiger partial charge in [-0.3, -0.25) is 0 Å². The zero-order valence-corrected chi connectivity index (χ0v) is 10.8. The number of thiazole rings is 1. The van der Waals surface area contributed by atoms with Crippen molar-refractivity contribution in [3.8, 4) is 11.1 Å². The van der Waals surface area contributed by atoms with Crippen LogP contribution in [0.3, 0.4) is 0 Å². The summed E-state index contributed by atoms with van der Waals surface area (Å²) in [6.45, 7) is 2.09. The fraction of sp³-hybridized carbons (Fsp3) is 0.0714. The summed E-state index contributed by atoms with van der Waals surface area (Å²) >= 11 is 7.71. The van der Waals surface area contributed by atoms with Crippen LogP contribution in [0.4, 0.5) is 0 Å². The van der Waals surface area contributed by atoms with Gasteiger partial charge in [-0.1, -0.05) is 23.7 Å². The van der Waals surface area contributed by atoms with Gasteiger partial charge in [0.25, 0.3) is 0 Å². The maximum Gasteiger partial charge on any atom is 0.0818 e. The van der Waals surface area contributed by atoms with Gasteiger partial charge in [-0.05, 0) is 47.9 Å². The van der Waals surface area contributed by atoms with Gasteiger partial charge < -0.3 is 0 Å². The third-order valence-corrected chi connectivity index (χ3v) is 3.89. The van der Waals surface area contributed by atoms with Crippen molar-refractivity contribution in [3.63, 3.8) is 0 Å². The fourth-order valence-electron chi connectivity index (χ4n) is 1.93. The molecule has 0 N–H and O–H groups in total. The van der Waals surface area contributed by atoms with E-state index in [0.717, 1.165) is 10.5 Å². The predicted octanol–water partition coefficient (Wildman–Crippen LogP) is 4.93. The van der Waals surface area contributed by atoms with Crippen LogP contribution in [0.2, 0.25) is 5.02 Å². The van der Waals surface area contributed by atoms with E-state index >= 15 is 0 Å². The second-order valence-corrected chi connectivity index (χ2v) is 5.32. The van der Waals surface area contributed by atoms with E-state index in [0.29, 0.717) is 0 Å². The topological polar surface area (TPSA) is 12.9 Å². The standard InChI is InChI=1S/C14H10ClNS/c1-9-2-4-11(15)7-12(9)10-3-5-14-13(6-10)16-8-17-14/h2-8H,1H3. The third kappa shape index (κ3) is 1.94. The first-order chi connectivity index (χ1) is 8.24. The van der Waals surface area contributed by atoms with E-state index < -0.39 is 0 Å². The lowest BCUT2D eigenvalue weighted by molar-refractivity contribution is 1.45. The molecule has 3 aromatic rings. The van der Waals surface area contributed by atoms with Crippen LogP contribution in [0.15, 0.2) is 41.9 Å². The molecule has 0 radical (unpaired) electrons. The van der Waals surface area contributed by atoms with Crippen molar-refractivity contribution in [2.24, 2.45) is 0 Å². The van der Waals surface area contributed by atoms with Gasteiger partial charge in [0.05, 0.1) is 15.7 Å². The third-order valence-electron chi connectivity index (χ3n) is 2.84. The Bertz CT molecular complexity index is 688. The molecule has 17 heavy (non-hydrogen) atoms. The van der Waals surface area contributed by atoms with Crippen molar-refractivity contribution in [2.45, 2.75) is 6.92 Å². The fourth-order valence-corrected chi connectivity index (χ4v) is 2.76. The smallest absolute Gasteiger partial charge is 0.0818 e. The first-order valence-electron chi connectivity index (χ1n) is 5.34. The van der Waals surface area contributed by atoms with Crippen LogP contribution >= 0.6 is 22.9 Å². The molecule has 0 bridgehead atoms. The summed E-state index contributed by atoms with van der Waals surface area (Å²) in [6.07, 6.45) is 0. The molecule has 0 aliphatic rings. The van der Waals surface area contributed by atoms with E-state index in [-0.39, 0.29) is 0 Å². The van der Waals surface area contributed by atoms with Gasteiger partial charge in [-0.2, -0.15) is 0 Å². The van der Waals surface area contributed by atoms with E-state index in [1.165, 1.54) is 21.4 Å². The molecule has 1 aromatic heterocycles. The van der Waals surface area contributed by atoms with Crippen LogP contribution in [0.5, 0.6) is 0 Å². The van der Waals surface area contributed by atoms with Crippen molar-refractivity contribution < 1.29 is 0 Å². The lowest BCUT2D eigenvalue weighted by atomic mass is 10.0. The van der Waals surface area contributed by atoms with Crippen molar-refractivity contribution in [2.75, 3.05) is 0 Å². The molecule has 1 heterocycles. The van der Waals surface area contributed by atoms with E-state index in [2.05, 4.69) is 30.1 Å². The summed E-state index contributed by atoms with van der Waals surface area (Å²) in [6, 6.07) is 12.3. The summed E-state index contributed by atoms with van der Waals surface area (Å²) in [4.78, 5) is 4.34. The molecule has 0 amide bonds. The average molecular weight is 260 g/mol. The number of fused-ring (bicyclic) bond motifs is 1. The van der Waals surface area contributed by atoms with Crippen LogP contribution in [0.25, 0.3) is 21.3 Å². The summed E-state index contributed by atoms with van der Waals surface area (Å²) in [5.74, 6) is 0. The zero-order valence-electron chi connectivity index (χ0n) is 9.27. The van der Waals surface area contributed by atoms with Crippen molar-refractivity contribution in [1.29, 1.82) is 0 Å². The Morgan fingerprint density at radius 1 is 1.12 bits per heavy atom. The van der Waals surface area contributed by atoms with Gasteiger partial charge in [0.2, 0.25) is 0 Å². The highest BCUT2D eigenvalue weighted by Crippen LogP contribution is 2.29. The monoisotopic (exact) mass is 259 g/mol. The first kappa shape index (κ1) is 10.8. The number of halogens is 1. The van der Waals surface area contributed by atoms with E-state index in [1.54, 1.807) is 11.3 Å². The van der Waals surface area contributed by atoms with Crippen LogP contribution in [0.1, 0.15) is 5.56 Å². The van der Waals surface area contributed by atoms with Crippen molar-refractivity contribution in [1.82, 2.24) is 4.98 Å².